The van der Waals surface area contributed by atoms with E-state index in [9.17, 15) is 9.59 Å². The number of piperidine rings is 1. The van der Waals surface area contributed by atoms with Crippen LogP contribution in [0.5, 0.6) is 0 Å². The van der Waals surface area contributed by atoms with Crippen LogP contribution in [0.25, 0.3) is 0 Å². The summed E-state index contributed by atoms with van der Waals surface area (Å²) >= 11 is 5.97. The van der Waals surface area contributed by atoms with Gasteiger partial charge in [-0.15, -0.1) is 0 Å². The number of carbonyl (C=O) groups excluding carboxylic acids is 2. The Labute approximate surface area is 141 Å². The number of ether oxygens (including phenoxy) is 1. The topological polar surface area (TPSA) is 58.6 Å². The van der Waals surface area contributed by atoms with Gasteiger partial charge < -0.3 is 10.1 Å². The lowest BCUT2D eigenvalue weighted by molar-refractivity contribution is -0.147. The standard InChI is InChI=1S/C17H23ClN2O3/c1-12(14-4-3-5-15(18)10-14)19-16(21)11-20-8-6-13(7-9-20)17(22)23-2/h3-5,10,12-13H,6-9,11H2,1-2H3,(H,19,21)/t12-/m0/s1. The zero-order valence-corrected chi connectivity index (χ0v) is 14.3. The van der Waals surface area contributed by atoms with Gasteiger partial charge in [0.2, 0.25) is 5.91 Å². The van der Waals surface area contributed by atoms with Crippen molar-refractivity contribution in [2.24, 2.45) is 5.92 Å². The van der Waals surface area contributed by atoms with Crippen molar-refractivity contribution in [3.05, 3.63) is 34.9 Å². The number of esters is 1. The highest BCUT2D eigenvalue weighted by atomic mass is 35.5. The van der Waals surface area contributed by atoms with Crippen LogP contribution >= 0.6 is 11.6 Å². The number of carbonyl (C=O) groups is 2. The lowest BCUT2D eigenvalue weighted by atomic mass is 9.97. The quantitative estimate of drug-likeness (QED) is 0.838. The van der Waals surface area contributed by atoms with Crippen molar-refractivity contribution in [3.8, 4) is 0 Å². The van der Waals surface area contributed by atoms with Gasteiger partial charge in [-0.1, -0.05) is 23.7 Å². The Morgan fingerprint density at radius 1 is 1.39 bits per heavy atom. The molecule has 1 amide bonds. The number of benzene rings is 1. The summed E-state index contributed by atoms with van der Waals surface area (Å²) in [6, 6.07) is 7.39. The molecule has 1 atom stereocenters. The Hall–Kier alpha value is -1.59. The summed E-state index contributed by atoms with van der Waals surface area (Å²) in [7, 11) is 1.42. The van der Waals surface area contributed by atoms with Crippen molar-refractivity contribution in [1.82, 2.24) is 10.2 Å². The Kier molecular flexibility index (Phi) is 6.42. The molecule has 0 saturated carbocycles. The number of nitrogens with one attached hydrogen (secondary N) is 1. The summed E-state index contributed by atoms with van der Waals surface area (Å²) in [6.45, 7) is 3.75. The summed E-state index contributed by atoms with van der Waals surface area (Å²) in [6.07, 6.45) is 1.48. The first kappa shape index (κ1) is 17.8. The summed E-state index contributed by atoms with van der Waals surface area (Å²) < 4.78 is 4.77. The maximum atomic E-state index is 12.2. The Bertz CT molecular complexity index is 557. The molecule has 0 unspecified atom stereocenters. The number of halogens is 1. The molecule has 126 valence electrons. The predicted molar refractivity (Wildman–Crippen MR) is 89.2 cm³/mol. The minimum atomic E-state index is -0.149. The molecule has 1 aliphatic heterocycles. The second kappa shape index (κ2) is 8.31. The van der Waals surface area contributed by atoms with Crippen molar-refractivity contribution in [1.29, 1.82) is 0 Å². The highest BCUT2D eigenvalue weighted by Gasteiger charge is 2.26. The Morgan fingerprint density at radius 2 is 2.09 bits per heavy atom. The molecule has 1 aromatic rings. The number of methoxy groups -OCH3 is 1. The van der Waals surface area contributed by atoms with Gasteiger partial charge in [0.05, 0.1) is 25.6 Å². The van der Waals surface area contributed by atoms with E-state index in [-0.39, 0.29) is 23.8 Å². The number of hydrogen-bond donors (Lipinski definition) is 1. The third kappa shape index (κ3) is 5.22. The molecule has 5 nitrogen and oxygen atoms in total. The number of likely N-dealkylation sites (tertiary alicyclic amines) is 1. The zero-order valence-electron chi connectivity index (χ0n) is 13.5. The molecule has 0 radical (unpaired) electrons. The molecule has 1 aliphatic rings. The van der Waals surface area contributed by atoms with Crippen LogP contribution in [0, 0.1) is 5.92 Å². The molecule has 1 aromatic carbocycles. The van der Waals surface area contributed by atoms with Gasteiger partial charge in [-0.05, 0) is 50.6 Å². The fraction of sp³-hybridized carbons (Fsp3) is 0.529. The number of hydrogen-bond acceptors (Lipinski definition) is 4. The van der Waals surface area contributed by atoms with Crippen molar-refractivity contribution < 1.29 is 14.3 Å². The van der Waals surface area contributed by atoms with Crippen LogP contribution < -0.4 is 5.32 Å². The minimum absolute atomic E-state index is 0.0195. The number of nitrogens with zero attached hydrogens (tertiary/aromatic N) is 1. The van der Waals surface area contributed by atoms with Crippen LogP contribution in [0.3, 0.4) is 0 Å². The number of rotatable bonds is 5. The molecule has 0 bridgehead atoms. The molecule has 1 saturated heterocycles. The van der Waals surface area contributed by atoms with E-state index in [4.69, 9.17) is 16.3 Å². The van der Waals surface area contributed by atoms with Crippen LogP contribution in [0.4, 0.5) is 0 Å². The predicted octanol–water partition coefficient (Wildman–Crippen LogP) is 2.40. The summed E-state index contributed by atoms with van der Waals surface area (Å²) in [5.74, 6) is -0.206. The summed E-state index contributed by atoms with van der Waals surface area (Å²) in [5.41, 5.74) is 0.982. The highest BCUT2D eigenvalue weighted by molar-refractivity contribution is 6.30. The molecular weight excluding hydrogens is 316 g/mol. The van der Waals surface area contributed by atoms with E-state index in [1.165, 1.54) is 7.11 Å². The van der Waals surface area contributed by atoms with Crippen molar-refractivity contribution in [2.45, 2.75) is 25.8 Å². The third-order valence-corrected chi connectivity index (χ3v) is 4.45. The Balaban J connectivity index is 1.78. The van der Waals surface area contributed by atoms with E-state index in [0.717, 1.165) is 31.5 Å². The van der Waals surface area contributed by atoms with Gasteiger partial charge in [-0.25, -0.2) is 0 Å². The van der Waals surface area contributed by atoms with E-state index >= 15 is 0 Å². The van der Waals surface area contributed by atoms with E-state index in [0.29, 0.717) is 11.6 Å². The molecule has 23 heavy (non-hydrogen) atoms. The maximum Gasteiger partial charge on any atom is 0.308 e. The van der Waals surface area contributed by atoms with Crippen molar-refractivity contribution >= 4 is 23.5 Å². The largest absolute Gasteiger partial charge is 0.469 e. The fourth-order valence-electron chi connectivity index (χ4n) is 2.84. The molecule has 6 heteroatoms. The van der Waals surface area contributed by atoms with Crippen LogP contribution in [-0.4, -0.2) is 43.5 Å². The molecule has 1 fully saturated rings. The fourth-order valence-corrected chi connectivity index (χ4v) is 3.04. The molecule has 0 aliphatic carbocycles. The van der Waals surface area contributed by atoms with Gasteiger partial charge >= 0.3 is 5.97 Å². The SMILES string of the molecule is COC(=O)C1CCN(CC(=O)N[C@@H](C)c2cccc(Cl)c2)CC1. The molecule has 2 rings (SSSR count). The van der Waals surface area contributed by atoms with Gasteiger partial charge in [-0.2, -0.15) is 0 Å². The lowest BCUT2D eigenvalue weighted by Gasteiger charge is -2.30. The first-order chi connectivity index (χ1) is 11.0. The first-order valence-electron chi connectivity index (χ1n) is 7.84. The lowest BCUT2D eigenvalue weighted by Crippen LogP contribution is -2.43. The molecule has 1 N–H and O–H groups in total. The van der Waals surface area contributed by atoms with Crippen molar-refractivity contribution in [3.63, 3.8) is 0 Å². The van der Waals surface area contributed by atoms with Crippen LogP contribution in [0.1, 0.15) is 31.4 Å². The van der Waals surface area contributed by atoms with Gasteiger partial charge in [0, 0.05) is 5.02 Å². The molecule has 0 aromatic heterocycles. The van der Waals surface area contributed by atoms with Gasteiger partial charge in [-0.3, -0.25) is 14.5 Å². The average Bonchev–Trinajstić information content (AvgIpc) is 2.54. The maximum absolute atomic E-state index is 12.2. The second-order valence-electron chi connectivity index (χ2n) is 5.92. The zero-order chi connectivity index (χ0) is 16.8. The van der Waals surface area contributed by atoms with Gasteiger partial charge in [0.25, 0.3) is 0 Å². The molecule has 0 spiro atoms. The smallest absolute Gasteiger partial charge is 0.308 e. The third-order valence-electron chi connectivity index (χ3n) is 4.22. The summed E-state index contributed by atoms with van der Waals surface area (Å²) in [4.78, 5) is 25.7. The molecular formula is C17H23ClN2O3. The van der Waals surface area contributed by atoms with E-state index in [2.05, 4.69) is 10.2 Å². The Morgan fingerprint density at radius 3 is 2.70 bits per heavy atom. The van der Waals surface area contributed by atoms with Crippen LogP contribution in [0.2, 0.25) is 5.02 Å². The average molecular weight is 339 g/mol. The number of amides is 1. The van der Waals surface area contributed by atoms with Crippen LogP contribution in [0.15, 0.2) is 24.3 Å². The minimum Gasteiger partial charge on any atom is -0.469 e. The normalized spacial score (nSPS) is 17.5. The van der Waals surface area contributed by atoms with E-state index in [1.54, 1.807) is 0 Å². The summed E-state index contributed by atoms with van der Waals surface area (Å²) in [5, 5.41) is 3.65. The van der Waals surface area contributed by atoms with Gasteiger partial charge in [0.15, 0.2) is 0 Å². The first-order valence-corrected chi connectivity index (χ1v) is 8.22. The van der Waals surface area contributed by atoms with Gasteiger partial charge in [0.1, 0.15) is 0 Å². The molecule has 1 heterocycles. The van der Waals surface area contributed by atoms with E-state index < -0.39 is 0 Å². The highest BCUT2D eigenvalue weighted by Crippen LogP contribution is 2.19. The van der Waals surface area contributed by atoms with E-state index in [1.807, 2.05) is 31.2 Å². The van der Waals surface area contributed by atoms with Crippen LogP contribution in [-0.2, 0) is 14.3 Å². The van der Waals surface area contributed by atoms with Crippen molar-refractivity contribution in [2.75, 3.05) is 26.7 Å². The monoisotopic (exact) mass is 338 g/mol. The second-order valence-corrected chi connectivity index (χ2v) is 6.35.